The number of nitrogens with zero attached hydrogens (tertiary/aromatic N) is 2. The molecule has 15 heavy (non-hydrogen) atoms. The van der Waals surface area contributed by atoms with Crippen molar-refractivity contribution in [1.82, 2.24) is 10.2 Å². The lowest BCUT2D eigenvalue weighted by Crippen LogP contribution is -2.19. The zero-order valence-corrected chi connectivity index (χ0v) is 9.63. The molecule has 0 amide bonds. The van der Waals surface area contributed by atoms with E-state index in [1.54, 1.807) is 6.07 Å². The topological polar surface area (TPSA) is 59.9 Å². The molecule has 2 heterocycles. The molecule has 1 aliphatic rings. The summed E-state index contributed by atoms with van der Waals surface area (Å²) in [6.07, 6.45) is 3.33. The second-order valence-electron chi connectivity index (χ2n) is 3.70. The number of hydrogen-bond acceptors (Lipinski definition) is 4. The monoisotopic (exact) mass is 246 g/mol. The van der Waals surface area contributed by atoms with Crippen LogP contribution >= 0.6 is 11.6 Å². The van der Waals surface area contributed by atoms with Crippen molar-refractivity contribution in [2.45, 2.75) is 24.5 Å². The Morgan fingerprint density at radius 1 is 1.53 bits per heavy atom. The Morgan fingerprint density at radius 3 is 2.93 bits per heavy atom. The minimum atomic E-state index is -2.91. The number of halogens is 1. The lowest BCUT2D eigenvalue weighted by molar-refractivity contribution is 0.587. The van der Waals surface area contributed by atoms with Crippen molar-refractivity contribution in [3.63, 3.8) is 0 Å². The maximum Gasteiger partial charge on any atom is 0.153 e. The fourth-order valence-electron chi connectivity index (χ4n) is 1.80. The van der Waals surface area contributed by atoms with Crippen molar-refractivity contribution in [2.24, 2.45) is 0 Å². The van der Waals surface area contributed by atoms with Gasteiger partial charge in [0.05, 0.1) is 27.9 Å². The third-order valence-corrected chi connectivity index (χ3v) is 5.05. The van der Waals surface area contributed by atoms with Crippen LogP contribution in [0.4, 0.5) is 0 Å². The summed E-state index contributed by atoms with van der Waals surface area (Å²) in [5, 5.41) is 7.76. The van der Waals surface area contributed by atoms with Gasteiger partial charge in [-0.25, -0.2) is 8.42 Å². The van der Waals surface area contributed by atoms with E-state index in [1.807, 2.05) is 0 Å². The Morgan fingerprint density at radius 2 is 2.33 bits per heavy atom. The minimum Gasteiger partial charge on any atom is -0.229 e. The number of hydrogen-bond donors (Lipinski definition) is 0. The van der Waals surface area contributed by atoms with Crippen LogP contribution in [0.15, 0.2) is 12.3 Å². The van der Waals surface area contributed by atoms with Gasteiger partial charge in [-0.3, -0.25) is 0 Å². The Labute approximate surface area is 93.6 Å². The van der Waals surface area contributed by atoms with E-state index in [0.717, 1.165) is 12.8 Å². The van der Waals surface area contributed by atoms with Crippen LogP contribution in [0.2, 0.25) is 5.02 Å². The van der Waals surface area contributed by atoms with Crippen LogP contribution in [0.1, 0.15) is 18.5 Å². The minimum absolute atomic E-state index is 0.297. The quantitative estimate of drug-likeness (QED) is 0.788. The van der Waals surface area contributed by atoms with Crippen molar-refractivity contribution in [3.05, 3.63) is 23.0 Å². The van der Waals surface area contributed by atoms with E-state index in [1.165, 1.54) is 6.20 Å². The van der Waals surface area contributed by atoms with E-state index in [9.17, 15) is 8.42 Å². The zero-order valence-electron chi connectivity index (χ0n) is 8.06. The molecule has 0 bridgehead atoms. The van der Waals surface area contributed by atoms with Gasteiger partial charge in [0.2, 0.25) is 0 Å². The molecule has 0 spiro atoms. The summed E-state index contributed by atoms with van der Waals surface area (Å²) >= 11 is 5.75. The fourth-order valence-corrected chi connectivity index (χ4v) is 3.83. The molecule has 1 unspecified atom stereocenters. The van der Waals surface area contributed by atoms with Crippen LogP contribution < -0.4 is 0 Å². The van der Waals surface area contributed by atoms with E-state index in [-0.39, 0.29) is 5.25 Å². The largest absolute Gasteiger partial charge is 0.229 e. The van der Waals surface area contributed by atoms with E-state index >= 15 is 0 Å². The lowest BCUT2D eigenvalue weighted by Gasteiger charge is -2.07. The highest BCUT2D eigenvalue weighted by Gasteiger charge is 2.31. The molecular formula is C9H11ClN2O2S. The van der Waals surface area contributed by atoms with Gasteiger partial charge in [0.15, 0.2) is 9.84 Å². The molecule has 1 aromatic heterocycles. The Hall–Kier alpha value is -0.680. The summed E-state index contributed by atoms with van der Waals surface area (Å²) in [6, 6.07) is 1.67. The number of aromatic nitrogens is 2. The molecule has 0 radical (unpaired) electrons. The molecule has 6 heteroatoms. The second kappa shape index (κ2) is 4.06. The van der Waals surface area contributed by atoms with Gasteiger partial charge < -0.3 is 0 Å². The summed E-state index contributed by atoms with van der Waals surface area (Å²) in [4.78, 5) is 0. The molecule has 1 aliphatic heterocycles. The van der Waals surface area contributed by atoms with Crippen molar-refractivity contribution in [1.29, 1.82) is 0 Å². The van der Waals surface area contributed by atoms with E-state index in [4.69, 9.17) is 11.6 Å². The lowest BCUT2D eigenvalue weighted by atomic mass is 10.1. The third kappa shape index (κ3) is 2.46. The van der Waals surface area contributed by atoms with Crippen molar-refractivity contribution in [3.8, 4) is 0 Å². The SMILES string of the molecule is O=S1(=O)CCCC1Cc1cc(Cl)cnn1. The highest BCUT2D eigenvalue weighted by Crippen LogP contribution is 2.23. The average molecular weight is 247 g/mol. The van der Waals surface area contributed by atoms with E-state index < -0.39 is 9.84 Å². The van der Waals surface area contributed by atoms with Gasteiger partial charge in [0, 0.05) is 6.42 Å². The summed E-state index contributed by atoms with van der Waals surface area (Å²) in [7, 11) is -2.91. The van der Waals surface area contributed by atoms with Gasteiger partial charge in [-0.05, 0) is 18.9 Å². The first-order valence-corrected chi connectivity index (χ1v) is 6.86. The van der Waals surface area contributed by atoms with Crippen LogP contribution in [-0.4, -0.2) is 29.6 Å². The molecule has 0 saturated carbocycles. The first-order valence-electron chi connectivity index (χ1n) is 4.76. The zero-order chi connectivity index (χ0) is 10.9. The van der Waals surface area contributed by atoms with Gasteiger partial charge in [0.25, 0.3) is 0 Å². The summed E-state index contributed by atoms with van der Waals surface area (Å²) in [5.41, 5.74) is 0.651. The van der Waals surface area contributed by atoms with Gasteiger partial charge in [-0.1, -0.05) is 11.6 Å². The molecule has 1 atom stereocenters. The maximum atomic E-state index is 11.6. The van der Waals surface area contributed by atoms with Gasteiger partial charge in [0.1, 0.15) is 0 Å². The van der Waals surface area contributed by atoms with Crippen molar-refractivity contribution < 1.29 is 8.42 Å². The normalized spacial score (nSPS) is 24.2. The van der Waals surface area contributed by atoms with Gasteiger partial charge >= 0.3 is 0 Å². The first kappa shape index (κ1) is 10.8. The van der Waals surface area contributed by atoms with Gasteiger partial charge in [-0.2, -0.15) is 10.2 Å². The Bertz CT molecular complexity index is 461. The predicted octanol–water partition coefficient (Wildman–Crippen LogP) is 1.25. The van der Waals surface area contributed by atoms with Crippen molar-refractivity contribution >= 4 is 21.4 Å². The summed E-state index contributed by atoms with van der Waals surface area (Å²) in [5.74, 6) is 0.297. The Kier molecular flexibility index (Phi) is 2.93. The van der Waals surface area contributed by atoms with Crippen LogP contribution in [-0.2, 0) is 16.3 Å². The summed E-state index contributed by atoms with van der Waals surface area (Å²) < 4.78 is 23.1. The maximum absolute atomic E-state index is 11.6. The number of sulfone groups is 1. The van der Waals surface area contributed by atoms with E-state index in [0.29, 0.717) is 22.9 Å². The van der Waals surface area contributed by atoms with Crippen molar-refractivity contribution in [2.75, 3.05) is 5.75 Å². The molecule has 0 aromatic carbocycles. The third-order valence-electron chi connectivity index (χ3n) is 2.57. The van der Waals surface area contributed by atoms with Crippen LogP contribution in [0.5, 0.6) is 0 Å². The Balaban J connectivity index is 2.16. The molecule has 1 saturated heterocycles. The summed E-state index contributed by atoms with van der Waals surface area (Å²) in [6.45, 7) is 0. The van der Waals surface area contributed by atoms with Gasteiger partial charge in [-0.15, -0.1) is 0 Å². The average Bonchev–Trinajstić information content (AvgIpc) is 2.46. The molecule has 0 N–H and O–H groups in total. The highest BCUT2D eigenvalue weighted by molar-refractivity contribution is 7.92. The highest BCUT2D eigenvalue weighted by atomic mass is 35.5. The van der Waals surface area contributed by atoms with Crippen LogP contribution in [0, 0.1) is 0 Å². The molecule has 2 rings (SSSR count). The van der Waals surface area contributed by atoms with Crippen LogP contribution in [0.3, 0.4) is 0 Å². The predicted molar refractivity (Wildman–Crippen MR) is 57.6 cm³/mol. The molecule has 82 valence electrons. The molecule has 1 aromatic rings. The number of rotatable bonds is 2. The second-order valence-corrected chi connectivity index (χ2v) is 6.54. The standard InChI is InChI=1S/C9H11ClN2O2S/c10-7-4-8(12-11-6-7)5-9-2-1-3-15(9,13)14/h4,6,9H,1-3,5H2. The van der Waals surface area contributed by atoms with E-state index in [2.05, 4.69) is 10.2 Å². The fraction of sp³-hybridized carbons (Fsp3) is 0.556. The molecule has 1 fully saturated rings. The molecule has 4 nitrogen and oxygen atoms in total. The first-order chi connectivity index (χ1) is 7.08. The smallest absolute Gasteiger partial charge is 0.153 e. The molecule has 0 aliphatic carbocycles. The van der Waals surface area contributed by atoms with Crippen LogP contribution in [0.25, 0.3) is 0 Å². The molecular weight excluding hydrogens is 236 g/mol.